The molecule has 0 spiro atoms. The van der Waals surface area contributed by atoms with E-state index in [0.29, 0.717) is 19.7 Å². The molecule has 6 nitrogen and oxygen atoms in total. The van der Waals surface area contributed by atoms with E-state index >= 15 is 0 Å². The number of carbonyl (C=O) groups is 2. The Balaban J connectivity index is 2.12. The van der Waals surface area contributed by atoms with Crippen LogP contribution >= 0.6 is 0 Å². The number of hydrogen-bond acceptors (Lipinski definition) is 3. The van der Waals surface area contributed by atoms with Crippen molar-refractivity contribution < 1.29 is 23.8 Å². The third kappa shape index (κ3) is 3.69. The van der Waals surface area contributed by atoms with Crippen molar-refractivity contribution in [1.29, 1.82) is 0 Å². The minimum absolute atomic E-state index is 0.0315. The van der Waals surface area contributed by atoms with Crippen molar-refractivity contribution in [3.8, 4) is 0 Å². The van der Waals surface area contributed by atoms with E-state index in [9.17, 15) is 14.0 Å². The SMILES string of the molecule is CCC1CN(C(=O)Nc2cc(F)ccc2C(=O)O)CCO1. The minimum Gasteiger partial charge on any atom is -0.478 e. The molecule has 1 heterocycles. The maximum Gasteiger partial charge on any atom is 0.337 e. The summed E-state index contributed by atoms with van der Waals surface area (Å²) in [6.07, 6.45) is 0.750. The number of benzene rings is 1. The van der Waals surface area contributed by atoms with Crippen LogP contribution in [0, 0.1) is 5.82 Å². The summed E-state index contributed by atoms with van der Waals surface area (Å²) in [6.45, 7) is 3.24. The summed E-state index contributed by atoms with van der Waals surface area (Å²) in [5.74, 6) is -1.83. The highest BCUT2D eigenvalue weighted by atomic mass is 19.1. The van der Waals surface area contributed by atoms with Gasteiger partial charge in [0.15, 0.2) is 0 Å². The zero-order valence-corrected chi connectivity index (χ0v) is 11.6. The number of urea groups is 1. The Morgan fingerprint density at radius 1 is 1.52 bits per heavy atom. The van der Waals surface area contributed by atoms with Crippen LogP contribution in [0.4, 0.5) is 14.9 Å². The lowest BCUT2D eigenvalue weighted by molar-refractivity contribution is -0.0134. The second kappa shape index (κ2) is 6.53. The Hall–Kier alpha value is -2.15. The molecule has 1 aliphatic heterocycles. The van der Waals surface area contributed by atoms with E-state index in [1.54, 1.807) is 0 Å². The number of carboxylic acids is 1. The second-order valence-corrected chi connectivity index (χ2v) is 4.77. The van der Waals surface area contributed by atoms with Crippen LogP contribution in [0.1, 0.15) is 23.7 Å². The molecule has 1 atom stereocenters. The summed E-state index contributed by atoms with van der Waals surface area (Å²) >= 11 is 0. The number of anilines is 1. The molecular weight excluding hydrogens is 279 g/mol. The first-order valence-corrected chi connectivity index (χ1v) is 6.71. The number of ether oxygens (including phenoxy) is 1. The lowest BCUT2D eigenvalue weighted by Crippen LogP contribution is -2.47. The largest absolute Gasteiger partial charge is 0.478 e. The molecule has 1 fully saturated rings. The van der Waals surface area contributed by atoms with Crippen LogP contribution in [0.5, 0.6) is 0 Å². The van der Waals surface area contributed by atoms with Crippen LogP contribution < -0.4 is 5.32 Å². The number of carboxylic acid groups (broad SMARTS) is 1. The van der Waals surface area contributed by atoms with E-state index in [4.69, 9.17) is 9.84 Å². The molecule has 0 radical (unpaired) electrons. The predicted octanol–water partition coefficient (Wildman–Crippen LogP) is 2.17. The van der Waals surface area contributed by atoms with Gasteiger partial charge in [0.1, 0.15) is 5.82 Å². The molecule has 0 bridgehead atoms. The smallest absolute Gasteiger partial charge is 0.337 e. The number of nitrogens with zero attached hydrogens (tertiary/aromatic N) is 1. The topological polar surface area (TPSA) is 78.9 Å². The Morgan fingerprint density at radius 3 is 2.95 bits per heavy atom. The van der Waals surface area contributed by atoms with Crippen LogP contribution in [0.3, 0.4) is 0 Å². The molecule has 2 N–H and O–H groups in total. The Morgan fingerprint density at radius 2 is 2.29 bits per heavy atom. The first-order valence-electron chi connectivity index (χ1n) is 6.71. The fourth-order valence-corrected chi connectivity index (χ4v) is 2.15. The van der Waals surface area contributed by atoms with Gasteiger partial charge in [-0.05, 0) is 24.6 Å². The summed E-state index contributed by atoms with van der Waals surface area (Å²) in [4.78, 5) is 24.8. The van der Waals surface area contributed by atoms with Crippen LogP contribution in [-0.4, -0.2) is 47.8 Å². The standard InChI is InChI=1S/C14H17FN2O4/c1-2-10-8-17(5-6-21-10)14(20)16-12-7-9(15)3-4-11(12)13(18)19/h3-4,7,10H,2,5-6,8H2,1H3,(H,16,20)(H,18,19). The molecule has 0 saturated carbocycles. The van der Waals surface area contributed by atoms with Crippen LogP contribution in [0.25, 0.3) is 0 Å². The predicted molar refractivity (Wildman–Crippen MR) is 74.0 cm³/mol. The average molecular weight is 296 g/mol. The van der Waals surface area contributed by atoms with Crippen molar-refractivity contribution in [2.24, 2.45) is 0 Å². The lowest BCUT2D eigenvalue weighted by Gasteiger charge is -2.32. The number of carbonyl (C=O) groups excluding carboxylic acids is 1. The van der Waals surface area contributed by atoms with E-state index in [2.05, 4.69) is 5.32 Å². The van der Waals surface area contributed by atoms with Gasteiger partial charge in [-0.25, -0.2) is 14.0 Å². The first-order chi connectivity index (χ1) is 10.0. The minimum atomic E-state index is -1.22. The molecule has 0 aromatic heterocycles. The highest BCUT2D eigenvalue weighted by molar-refractivity contribution is 6.00. The van der Waals surface area contributed by atoms with Crippen molar-refractivity contribution in [1.82, 2.24) is 4.90 Å². The molecular formula is C14H17FN2O4. The van der Waals surface area contributed by atoms with Crippen molar-refractivity contribution in [3.05, 3.63) is 29.6 Å². The van der Waals surface area contributed by atoms with E-state index in [0.717, 1.165) is 24.6 Å². The molecule has 2 rings (SSSR count). The van der Waals surface area contributed by atoms with Gasteiger partial charge in [0.2, 0.25) is 0 Å². The number of amides is 2. The van der Waals surface area contributed by atoms with Gasteiger partial charge in [0, 0.05) is 13.1 Å². The van der Waals surface area contributed by atoms with E-state index in [1.807, 2.05) is 6.92 Å². The summed E-state index contributed by atoms with van der Waals surface area (Å²) in [7, 11) is 0. The van der Waals surface area contributed by atoms with Crippen molar-refractivity contribution in [2.75, 3.05) is 25.0 Å². The molecule has 1 aliphatic rings. The zero-order chi connectivity index (χ0) is 15.4. The zero-order valence-electron chi connectivity index (χ0n) is 11.6. The summed E-state index contributed by atoms with van der Waals surface area (Å²) in [5.41, 5.74) is -0.197. The summed E-state index contributed by atoms with van der Waals surface area (Å²) in [6, 6.07) is 2.71. The molecule has 1 saturated heterocycles. The molecule has 2 amide bonds. The number of morpholine rings is 1. The average Bonchev–Trinajstić information content (AvgIpc) is 2.47. The van der Waals surface area contributed by atoms with Gasteiger partial charge in [-0.1, -0.05) is 6.92 Å². The van der Waals surface area contributed by atoms with Crippen LogP contribution in [-0.2, 0) is 4.74 Å². The van der Waals surface area contributed by atoms with Crippen molar-refractivity contribution in [2.45, 2.75) is 19.4 Å². The Bertz CT molecular complexity index is 550. The summed E-state index contributed by atoms with van der Waals surface area (Å²) < 4.78 is 18.7. The van der Waals surface area contributed by atoms with Crippen LogP contribution in [0.2, 0.25) is 0 Å². The second-order valence-electron chi connectivity index (χ2n) is 4.77. The quantitative estimate of drug-likeness (QED) is 0.896. The Kier molecular flexibility index (Phi) is 4.74. The lowest BCUT2D eigenvalue weighted by atomic mass is 10.1. The molecule has 1 unspecified atom stereocenters. The third-order valence-electron chi connectivity index (χ3n) is 3.33. The molecule has 114 valence electrons. The van der Waals surface area contributed by atoms with Crippen LogP contribution in [0.15, 0.2) is 18.2 Å². The van der Waals surface area contributed by atoms with Gasteiger partial charge in [0.25, 0.3) is 0 Å². The molecule has 1 aromatic carbocycles. The van der Waals surface area contributed by atoms with Gasteiger partial charge in [-0.15, -0.1) is 0 Å². The normalized spacial score (nSPS) is 18.4. The molecule has 0 aliphatic carbocycles. The van der Waals surface area contributed by atoms with Gasteiger partial charge in [-0.3, -0.25) is 0 Å². The van der Waals surface area contributed by atoms with Crippen molar-refractivity contribution >= 4 is 17.7 Å². The number of nitrogens with one attached hydrogen (secondary N) is 1. The highest BCUT2D eigenvalue weighted by Gasteiger charge is 2.24. The van der Waals surface area contributed by atoms with Crippen molar-refractivity contribution in [3.63, 3.8) is 0 Å². The molecule has 7 heteroatoms. The molecule has 1 aromatic rings. The highest BCUT2D eigenvalue weighted by Crippen LogP contribution is 2.19. The maximum absolute atomic E-state index is 13.2. The van der Waals surface area contributed by atoms with Gasteiger partial charge in [-0.2, -0.15) is 0 Å². The van der Waals surface area contributed by atoms with E-state index in [1.165, 1.54) is 4.90 Å². The van der Waals surface area contributed by atoms with E-state index in [-0.39, 0.29) is 17.4 Å². The number of halogens is 1. The summed E-state index contributed by atoms with van der Waals surface area (Å²) in [5, 5.41) is 11.5. The Labute approximate surface area is 121 Å². The molecule has 21 heavy (non-hydrogen) atoms. The number of rotatable bonds is 3. The number of hydrogen-bond donors (Lipinski definition) is 2. The first kappa shape index (κ1) is 15.2. The van der Waals surface area contributed by atoms with E-state index < -0.39 is 17.8 Å². The fourth-order valence-electron chi connectivity index (χ4n) is 2.15. The fraction of sp³-hybridized carbons (Fsp3) is 0.429. The van der Waals surface area contributed by atoms with Gasteiger partial charge in [0.05, 0.1) is 24.0 Å². The van der Waals surface area contributed by atoms with Gasteiger partial charge < -0.3 is 20.1 Å². The number of aromatic carboxylic acids is 1. The third-order valence-corrected chi connectivity index (χ3v) is 3.33. The maximum atomic E-state index is 13.2. The monoisotopic (exact) mass is 296 g/mol. The van der Waals surface area contributed by atoms with Gasteiger partial charge >= 0.3 is 12.0 Å².